The van der Waals surface area contributed by atoms with Gasteiger partial charge < -0.3 is 10.2 Å². The van der Waals surface area contributed by atoms with E-state index in [0.717, 1.165) is 27.6 Å². The summed E-state index contributed by atoms with van der Waals surface area (Å²) < 4.78 is 0. The molecule has 0 saturated heterocycles. The second kappa shape index (κ2) is 11.1. The van der Waals surface area contributed by atoms with E-state index in [4.69, 9.17) is 0 Å². The van der Waals surface area contributed by atoms with E-state index in [0.29, 0.717) is 11.3 Å². The molecule has 6 nitrogen and oxygen atoms in total. The maximum atomic E-state index is 13.1. The molecule has 6 heteroatoms. The van der Waals surface area contributed by atoms with E-state index in [2.05, 4.69) is 15.8 Å². The highest BCUT2D eigenvalue weighted by molar-refractivity contribution is 6.07. The van der Waals surface area contributed by atoms with Gasteiger partial charge in [0.25, 0.3) is 11.8 Å². The average molecular weight is 477 g/mol. The predicted octanol–water partition coefficient (Wildman–Crippen LogP) is 5.22. The van der Waals surface area contributed by atoms with Crippen LogP contribution in [-0.2, 0) is 4.79 Å². The van der Waals surface area contributed by atoms with Crippen molar-refractivity contribution in [3.05, 3.63) is 119 Å². The van der Waals surface area contributed by atoms with Crippen LogP contribution in [-0.4, -0.2) is 31.6 Å². The summed E-state index contributed by atoms with van der Waals surface area (Å²) in [7, 11) is 3.92. The molecular weight excluding hydrogens is 448 g/mol. The lowest BCUT2D eigenvalue weighted by atomic mass is 10.0. The Bertz CT molecular complexity index is 1440. The molecule has 0 fully saturated rings. The molecule has 0 saturated carbocycles. The Kier molecular flexibility index (Phi) is 7.56. The molecule has 0 aromatic heterocycles. The number of carbonyl (C=O) groups is 2. The van der Waals surface area contributed by atoms with E-state index in [1.54, 1.807) is 30.3 Å². The molecule has 2 N–H and O–H groups in total. The summed E-state index contributed by atoms with van der Waals surface area (Å²) in [5.74, 6) is -0.895. The highest BCUT2D eigenvalue weighted by Crippen LogP contribution is 2.17. The van der Waals surface area contributed by atoms with Crippen LogP contribution >= 0.6 is 0 Å². The molecule has 4 aromatic rings. The topological polar surface area (TPSA) is 73.8 Å². The van der Waals surface area contributed by atoms with Gasteiger partial charge in [0.1, 0.15) is 5.70 Å². The molecule has 0 aliphatic rings. The number of carbonyl (C=O) groups excluding carboxylic acids is 2. The zero-order valence-corrected chi connectivity index (χ0v) is 20.5. The van der Waals surface area contributed by atoms with Crippen LogP contribution in [0.15, 0.2) is 108 Å². The van der Waals surface area contributed by atoms with Crippen molar-refractivity contribution in [1.82, 2.24) is 10.7 Å². The van der Waals surface area contributed by atoms with Crippen LogP contribution in [0.25, 0.3) is 16.8 Å². The van der Waals surface area contributed by atoms with E-state index >= 15 is 0 Å². The normalized spacial score (nSPS) is 11.8. The quantitative estimate of drug-likeness (QED) is 0.218. The van der Waals surface area contributed by atoms with Gasteiger partial charge in [-0.25, -0.2) is 5.43 Å². The Morgan fingerprint density at radius 1 is 0.778 bits per heavy atom. The summed E-state index contributed by atoms with van der Waals surface area (Å²) in [6, 6.07) is 30.5. The van der Waals surface area contributed by atoms with Gasteiger partial charge in [0.05, 0.1) is 5.71 Å². The summed E-state index contributed by atoms with van der Waals surface area (Å²) in [6.45, 7) is 1.83. The number of nitrogens with zero attached hydrogens (tertiary/aromatic N) is 2. The Labute approximate surface area is 211 Å². The van der Waals surface area contributed by atoms with E-state index in [1.165, 1.54) is 0 Å². The Morgan fingerprint density at radius 2 is 1.44 bits per heavy atom. The number of fused-ring (bicyclic) bond motifs is 1. The number of hydrazone groups is 1. The molecule has 0 atom stereocenters. The number of hydrogen-bond donors (Lipinski definition) is 2. The summed E-state index contributed by atoms with van der Waals surface area (Å²) in [6.07, 6.45) is 1.64. The molecule has 4 rings (SSSR count). The Morgan fingerprint density at radius 3 is 2.14 bits per heavy atom. The molecule has 0 aliphatic carbocycles. The fourth-order valence-electron chi connectivity index (χ4n) is 3.65. The van der Waals surface area contributed by atoms with Gasteiger partial charge in [-0.05, 0) is 65.2 Å². The highest BCUT2D eigenvalue weighted by atomic mass is 16.2. The highest BCUT2D eigenvalue weighted by Gasteiger charge is 2.15. The zero-order valence-electron chi connectivity index (χ0n) is 20.5. The number of rotatable bonds is 7. The van der Waals surface area contributed by atoms with Crippen molar-refractivity contribution in [3.63, 3.8) is 0 Å². The first-order valence-corrected chi connectivity index (χ1v) is 11.6. The molecular formula is C30H28N4O2. The number of nitrogens with one attached hydrogen (secondary N) is 2. The molecule has 4 aromatic carbocycles. The van der Waals surface area contributed by atoms with Gasteiger partial charge >= 0.3 is 0 Å². The number of hydrogen-bond acceptors (Lipinski definition) is 4. The minimum absolute atomic E-state index is 0.0940. The van der Waals surface area contributed by atoms with Crippen molar-refractivity contribution in [2.75, 3.05) is 19.0 Å². The summed E-state index contributed by atoms with van der Waals surface area (Å²) in [5, 5.41) is 9.26. The Hall–Kier alpha value is -4.71. The lowest BCUT2D eigenvalue weighted by Crippen LogP contribution is -2.33. The zero-order chi connectivity index (χ0) is 25.5. The molecule has 0 aliphatic heterocycles. The fourth-order valence-corrected chi connectivity index (χ4v) is 3.65. The summed E-state index contributed by atoms with van der Waals surface area (Å²) in [5.41, 5.74) is 6.49. The van der Waals surface area contributed by atoms with Gasteiger partial charge in [0.2, 0.25) is 0 Å². The largest absolute Gasteiger partial charge is 0.378 e. The third kappa shape index (κ3) is 6.04. The minimum Gasteiger partial charge on any atom is -0.378 e. The molecule has 2 amide bonds. The fraction of sp³-hybridized carbons (Fsp3) is 0.100. The molecule has 0 bridgehead atoms. The average Bonchev–Trinajstić information content (AvgIpc) is 2.91. The second-order valence-electron chi connectivity index (χ2n) is 8.56. The van der Waals surface area contributed by atoms with E-state index in [-0.39, 0.29) is 11.6 Å². The lowest BCUT2D eigenvalue weighted by molar-refractivity contribution is -0.117. The van der Waals surface area contributed by atoms with Crippen molar-refractivity contribution in [3.8, 4) is 0 Å². The van der Waals surface area contributed by atoms with E-state index in [9.17, 15) is 9.59 Å². The van der Waals surface area contributed by atoms with Crippen LogP contribution in [0.1, 0.15) is 28.4 Å². The van der Waals surface area contributed by atoms with Crippen LogP contribution in [0, 0.1) is 0 Å². The van der Waals surface area contributed by atoms with Gasteiger partial charge in [0, 0.05) is 25.3 Å². The molecule has 180 valence electrons. The molecule has 0 unspecified atom stereocenters. The summed E-state index contributed by atoms with van der Waals surface area (Å²) >= 11 is 0. The third-order valence-electron chi connectivity index (χ3n) is 5.74. The Balaban J connectivity index is 1.58. The van der Waals surface area contributed by atoms with Crippen molar-refractivity contribution >= 4 is 40.1 Å². The standard InChI is InChI=1S/C30H28N4O2/c1-21(25-16-15-23-9-7-8-12-26(23)20-25)32-33-30(36)28(31-29(35)24-10-5-4-6-11-24)19-22-13-17-27(18-14-22)34(2)3/h4-20H,1-3H3,(H,31,35)(H,33,36). The lowest BCUT2D eigenvalue weighted by Gasteiger charge is -2.13. The first-order chi connectivity index (χ1) is 17.4. The second-order valence-corrected chi connectivity index (χ2v) is 8.56. The molecule has 36 heavy (non-hydrogen) atoms. The molecule has 0 radical (unpaired) electrons. The first kappa shape index (κ1) is 24.4. The van der Waals surface area contributed by atoms with Crippen molar-refractivity contribution in [2.24, 2.45) is 5.10 Å². The van der Waals surface area contributed by atoms with Gasteiger partial charge in [-0.1, -0.05) is 66.7 Å². The van der Waals surface area contributed by atoms with Crippen molar-refractivity contribution < 1.29 is 9.59 Å². The van der Waals surface area contributed by atoms with Gasteiger partial charge in [-0.15, -0.1) is 0 Å². The van der Waals surface area contributed by atoms with E-state index in [1.807, 2.05) is 98.7 Å². The minimum atomic E-state index is -0.517. The maximum absolute atomic E-state index is 13.1. The smallest absolute Gasteiger partial charge is 0.287 e. The van der Waals surface area contributed by atoms with Crippen molar-refractivity contribution in [2.45, 2.75) is 6.92 Å². The van der Waals surface area contributed by atoms with Crippen molar-refractivity contribution in [1.29, 1.82) is 0 Å². The molecule has 0 spiro atoms. The van der Waals surface area contributed by atoms with Gasteiger partial charge in [-0.3, -0.25) is 9.59 Å². The van der Waals surface area contributed by atoms with Crippen LogP contribution in [0.4, 0.5) is 5.69 Å². The number of anilines is 1. The van der Waals surface area contributed by atoms with Crippen LogP contribution in [0.3, 0.4) is 0 Å². The van der Waals surface area contributed by atoms with Gasteiger partial charge in [0.15, 0.2) is 0 Å². The number of amides is 2. The predicted molar refractivity (Wildman–Crippen MR) is 147 cm³/mol. The number of benzene rings is 4. The van der Waals surface area contributed by atoms with Crippen LogP contribution in [0.5, 0.6) is 0 Å². The van der Waals surface area contributed by atoms with Crippen LogP contribution < -0.4 is 15.6 Å². The third-order valence-corrected chi connectivity index (χ3v) is 5.74. The van der Waals surface area contributed by atoms with Crippen LogP contribution in [0.2, 0.25) is 0 Å². The van der Waals surface area contributed by atoms with Gasteiger partial charge in [-0.2, -0.15) is 5.10 Å². The SMILES string of the molecule is CC(=NNC(=O)C(=Cc1ccc(N(C)C)cc1)NC(=O)c1ccccc1)c1ccc2ccccc2c1. The maximum Gasteiger partial charge on any atom is 0.287 e. The van der Waals surface area contributed by atoms with E-state index < -0.39 is 5.91 Å². The first-order valence-electron chi connectivity index (χ1n) is 11.6. The summed E-state index contributed by atoms with van der Waals surface area (Å²) in [4.78, 5) is 27.9. The molecule has 0 heterocycles. The monoisotopic (exact) mass is 476 g/mol.